The smallest absolute Gasteiger partial charge is 0.217 e. The summed E-state index contributed by atoms with van der Waals surface area (Å²) in [5.74, 6) is 1.07. The molecule has 4 nitrogen and oxygen atoms in total. The summed E-state index contributed by atoms with van der Waals surface area (Å²) in [6, 6.07) is 4.35. The van der Waals surface area contributed by atoms with Gasteiger partial charge in [-0.1, -0.05) is 18.9 Å². The van der Waals surface area contributed by atoms with E-state index in [-0.39, 0.29) is 6.61 Å². The normalized spacial score (nSPS) is 23.9. The number of methoxy groups -OCH3 is 1. The van der Waals surface area contributed by atoms with Crippen LogP contribution >= 0.6 is 0 Å². The van der Waals surface area contributed by atoms with E-state index in [9.17, 15) is 5.11 Å². The van der Waals surface area contributed by atoms with Gasteiger partial charge in [-0.3, -0.25) is 0 Å². The lowest BCUT2D eigenvalue weighted by Gasteiger charge is -2.31. The Kier molecular flexibility index (Phi) is 4.96. The molecule has 100 valence electrons. The summed E-state index contributed by atoms with van der Waals surface area (Å²) in [7, 11) is 1.64. The molecule has 1 heterocycles. The molecule has 2 unspecified atom stereocenters. The molecule has 1 aliphatic carbocycles. The van der Waals surface area contributed by atoms with Crippen molar-refractivity contribution >= 4 is 0 Å². The zero-order valence-electron chi connectivity index (χ0n) is 10.9. The Balaban J connectivity index is 1.93. The van der Waals surface area contributed by atoms with E-state index in [1.807, 2.05) is 12.1 Å². The second kappa shape index (κ2) is 6.71. The summed E-state index contributed by atoms with van der Waals surface area (Å²) in [5.41, 5.74) is 1.07. The van der Waals surface area contributed by atoms with E-state index < -0.39 is 0 Å². The first-order valence-corrected chi connectivity index (χ1v) is 6.67. The number of aromatic nitrogens is 1. The first kappa shape index (κ1) is 13.3. The second-order valence-electron chi connectivity index (χ2n) is 4.89. The Hall–Kier alpha value is -1.13. The maximum Gasteiger partial charge on any atom is 0.217 e. The van der Waals surface area contributed by atoms with Crippen LogP contribution < -0.4 is 10.1 Å². The zero-order chi connectivity index (χ0) is 12.8. The molecular weight excluding hydrogens is 228 g/mol. The Morgan fingerprint density at radius 2 is 2.28 bits per heavy atom. The molecule has 1 saturated carbocycles. The van der Waals surface area contributed by atoms with Gasteiger partial charge in [0.2, 0.25) is 5.88 Å². The number of nitrogens with one attached hydrogen (secondary N) is 1. The predicted molar refractivity (Wildman–Crippen MR) is 70.5 cm³/mol. The van der Waals surface area contributed by atoms with Crippen molar-refractivity contribution in [1.29, 1.82) is 0 Å². The fourth-order valence-corrected chi connectivity index (χ4v) is 2.68. The third-order valence-corrected chi connectivity index (χ3v) is 3.74. The van der Waals surface area contributed by atoms with Crippen LogP contribution in [0.25, 0.3) is 0 Å². The lowest BCUT2D eigenvalue weighted by Crippen LogP contribution is -2.39. The third kappa shape index (κ3) is 3.21. The Labute approximate surface area is 108 Å². The van der Waals surface area contributed by atoms with E-state index in [1.54, 1.807) is 13.3 Å². The topological polar surface area (TPSA) is 54.4 Å². The predicted octanol–water partition coefficient (Wildman–Crippen LogP) is 1.73. The molecule has 1 fully saturated rings. The number of hydrogen-bond acceptors (Lipinski definition) is 4. The van der Waals surface area contributed by atoms with Crippen LogP contribution in [0.5, 0.6) is 5.88 Å². The van der Waals surface area contributed by atoms with E-state index in [1.165, 1.54) is 12.8 Å². The van der Waals surface area contributed by atoms with Gasteiger partial charge in [0.1, 0.15) is 0 Å². The molecule has 0 amide bonds. The van der Waals surface area contributed by atoms with Crippen LogP contribution in [0.15, 0.2) is 18.3 Å². The minimum Gasteiger partial charge on any atom is -0.481 e. The van der Waals surface area contributed by atoms with Gasteiger partial charge in [-0.15, -0.1) is 0 Å². The average molecular weight is 250 g/mol. The van der Waals surface area contributed by atoms with Gasteiger partial charge in [0.05, 0.1) is 7.11 Å². The van der Waals surface area contributed by atoms with Gasteiger partial charge >= 0.3 is 0 Å². The van der Waals surface area contributed by atoms with Gasteiger partial charge in [0.25, 0.3) is 0 Å². The highest BCUT2D eigenvalue weighted by Crippen LogP contribution is 2.24. The average Bonchev–Trinajstić information content (AvgIpc) is 2.45. The van der Waals surface area contributed by atoms with Gasteiger partial charge in [0, 0.05) is 31.0 Å². The van der Waals surface area contributed by atoms with Gasteiger partial charge < -0.3 is 15.2 Å². The molecule has 0 aromatic carbocycles. The van der Waals surface area contributed by atoms with Crippen molar-refractivity contribution < 1.29 is 9.84 Å². The number of rotatable bonds is 5. The van der Waals surface area contributed by atoms with E-state index >= 15 is 0 Å². The first-order valence-electron chi connectivity index (χ1n) is 6.67. The quantitative estimate of drug-likeness (QED) is 0.835. The maximum atomic E-state index is 9.38. The van der Waals surface area contributed by atoms with E-state index in [4.69, 9.17) is 4.74 Å². The Morgan fingerprint density at radius 3 is 3.06 bits per heavy atom. The lowest BCUT2D eigenvalue weighted by atomic mass is 9.85. The maximum absolute atomic E-state index is 9.38. The SMILES string of the molecule is COc1ncccc1CNC1CCCCC1CO. The molecule has 0 saturated heterocycles. The van der Waals surface area contributed by atoms with Crippen molar-refractivity contribution in [1.82, 2.24) is 10.3 Å². The molecule has 2 N–H and O–H groups in total. The van der Waals surface area contributed by atoms with E-state index in [0.717, 1.165) is 24.9 Å². The molecular formula is C14H22N2O2. The summed E-state index contributed by atoms with van der Waals surface area (Å²) in [5, 5.41) is 12.9. The van der Waals surface area contributed by atoms with Crippen LogP contribution in [0.4, 0.5) is 0 Å². The highest BCUT2D eigenvalue weighted by atomic mass is 16.5. The summed E-state index contributed by atoms with van der Waals surface area (Å²) in [6.07, 6.45) is 6.49. The fraction of sp³-hybridized carbons (Fsp3) is 0.643. The molecule has 2 atom stereocenters. The van der Waals surface area contributed by atoms with Crippen LogP contribution in [0, 0.1) is 5.92 Å². The highest BCUT2D eigenvalue weighted by Gasteiger charge is 2.24. The van der Waals surface area contributed by atoms with Crippen molar-refractivity contribution in [3.63, 3.8) is 0 Å². The van der Waals surface area contributed by atoms with Crippen LogP contribution in [-0.2, 0) is 6.54 Å². The number of ether oxygens (including phenoxy) is 1. The summed E-state index contributed by atoms with van der Waals surface area (Å²) < 4.78 is 5.24. The molecule has 1 aliphatic rings. The molecule has 18 heavy (non-hydrogen) atoms. The standard InChI is InChI=1S/C14H22N2O2/c1-18-14-11(6-4-8-15-14)9-16-13-7-3-2-5-12(13)10-17/h4,6,8,12-13,16-17H,2-3,5,7,9-10H2,1H3. The van der Waals surface area contributed by atoms with Crippen LogP contribution in [0.1, 0.15) is 31.2 Å². The molecule has 1 aromatic rings. The minimum absolute atomic E-state index is 0.280. The van der Waals surface area contributed by atoms with Crippen molar-refractivity contribution in [2.24, 2.45) is 5.92 Å². The van der Waals surface area contributed by atoms with Crippen LogP contribution in [0.2, 0.25) is 0 Å². The number of pyridine rings is 1. The molecule has 0 bridgehead atoms. The lowest BCUT2D eigenvalue weighted by molar-refractivity contribution is 0.152. The molecule has 0 aliphatic heterocycles. The van der Waals surface area contributed by atoms with Crippen molar-refractivity contribution in [2.45, 2.75) is 38.3 Å². The third-order valence-electron chi connectivity index (χ3n) is 3.74. The number of hydrogen-bond donors (Lipinski definition) is 2. The Bertz CT molecular complexity index is 371. The van der Waals surface area contributed by atoms with Crippen LogP contribution in [-0.4, -0.2) is 29.8 Å². The van der Waals surface area contributed by atoms with Crippen molar-refractivity contribution in [3.05, 3.63) is 23.9 Å². The molecule has 1 aromatic heterocycles. The van der Waals surface area contributed by atoms with Gasteiger partial charge in [-0.05, 0) is 24.8 Å². The van der Waals surface area contributed by atoms with Crippen LogP contribution in [0.3, 0.4) is 0 Å². The van der Waals surface area contributed by atoms with Gasteiger partial charge in [0.15, 0.2) is 0 Å². The van der Waals surface area contributed by atoms with Crippen molar-refractivity contribution in [3.8, 4) is 5.88 Å². The molecule has 4 heteroatoms. The second-order valence-corrected chi connectivity index (χ2v) is 4.89. The summed E-state index contributed by atoms with van der Waals surface area (Å²) in [4.78, 5) is 4.19. The minimum atomic E-state index is 0.280. The number of nitrogens with zero attached hydrogens (tertiary/aromatic N) is 1. The summed E-state index contributed by atoms with van der Waals surface area (Å²) in [6.45, 7) is 1.03. The Morgan fingerprint density at radius 1 is 1.44 bits per heavy atom. The first-order chi connectivity index (χ1) is 8.85. The van der Waals surface area contributed by atoms with Gasteiger partial charge in [-0.25, -0.2) is 4.98 Å². The molecule has 0 spiro atoms. The molecule has 0 radical (unpaired) electrons. The van der Waals surface area contributed by atoms with E-state index in [0.29, 0.717) is 17.8 Å². The fourth-order valence-electron chi connectivity index (χ4n) is 2.68. The summed E-state index contributed by atoms with van der Waals surface area (Å²) >= 11 is 0. The number of aliphatic hydroxyl groups excluding tert-OH is 1. The van der Waals surface area contributed by atoms with E-state index in [2.05, 4.69) is 10.3 Å². The highest BCUT2D eigenvalue weighted by molar-refractivity contribution is 5.25. The largest absolute Gasteiger partial charge is 0.481 e. The zero-order valence-corrected chi connectivity index (χ0v) is 10.9. The van der Waals surface area contributed by atoms with Gasteiger partial charge in [-0.2, -0.15) is 0 Å². The number of aliphatic hydroxyl groups is 1. The monoisotopic (exact) mass is 250 g/mol. The van der Waals surface area contributed by atoms with Crippen molar-refractivity contribution in [2.75, 3.05) is 13.7 Å². The molecule has 2 rings (SSSR count).